The standard InChI is InChI=1S/C36H36N14O8S4/c1-35(2,3)23-21(25(37)49(47-23)19-11-15(27(51)52)9-16(12-19)28(53)54)39-41-31-43-45-33(61-31)59-7-8-60-34-46-44-32(62-34)42-40-22-24(36(4,5)6)48-50(26(22)38)20-13-17(29(55)56)10-18(14-20)30(57)58/h9-14H,7-8,37-38H2,1-6H3,(H,51,52)(H,53,54)(H,55,56)(H,57,58)/p-4. The zero-order valence-corrected chi connectivity index (χ0v) is 36.6. The summed E-state index contributed by atoms with van der Waals surface area (Å²) in [5.74, 6) is -5.24. The summed E-state index contributed by atoms with van der Waals surface area (Å²) in [6.45, 7) is 11.1. The lowest BCUT2D eigenvalue weighted by molar-refractivity contribution is -0.257. The molecule has 62 heavy (non-hydrogen) atoms. The van der Waals surface area contributed by atoms with Gasteiger partial charge in [-0.25, -0.2) is 9.36 Å². The summed E-state index contributed by atoms with van der Waals surface area (Å²) in [5, 5.41) is 89.4. The van der Waals surface area contributed by atoms with Gasteiger partial charge in [0.05, 0.1) is 46.6 Å². The van der Waals surface area contributed by atoms with Gasteiger partial charge in [0.15, 0.2) is 31.7 Å². The van der Waals surface area contributed by atoms with E-state index in [1.165, 1.54) is 79.8 Å². The van der Waals surface area contributed by atoms with Gasteiger partial charge < -0.3 is 51.1 Å². The number of hydrogen-bond acceptors (Lipinski definition) is 24. The van der Waals surface area contributed by atoms with Crippen LogP contribution in [-0.4, -0.2) is 75.3 Å². The van der Waals surface area contributed by atoms with Crippen LogP contribution in [0.25, 0.3) is 11.4 Å². The van der Waals surface area contributed by atoms with Crippen LogP contribution in [0.3, 0.4) is 0 Å². The fourth-order valence-electron chi connectivity index (χ4n) is 5.43. The first-order valence-corrected chi connectivity index (χ1v) is 21.4. The molecule has 0 fully saturated rings. The van der Waals surface area contributed by atoms with Crippen molar-refractivity contribution in [2.75, 3.05) is 23.0 Å². The highest BCUT2D eigenvalue weighted by Gasteiger charge is 2.29. The molecule has 4 aromatic heterocycles. The third-order valence-corrected chi connectivity index (χ3v) is 12.4. The molecule has 0 amide bonds. The maximum absolute atomic E-state index is 11.6. The Morgan fingerprint density at radius 1 is 0.565 bits per heavy atom. The number of thioether (sulfide) groups is 2. The highest BCUT2D eigenvalue weighted by atomic mass is 32.2. The van der Waals surface area contributed by atoms with Crippen molar-refractivity contribution in [2.24, 2.45) is 20.5 Å². The van der Waals surface area contributed by atoms with Gasteiger partial charge in [-0.05, 0) is 58.7 Å². The lowest BCUT2D eigenvalue weighted by atomic mass is 9.91. The van der Waals surface area contributed by atoms with E-state index >= 15 is 0 Å². The van der Waals surface area contributed by atoms with Crippen LogP contribution in [0.2, 0.25) is 0 Å². The molecule has 0 aliphatic heterocycles. The van der Waals surface area contributed by atoms with Gasteiger partial charge in [0.2, 0.25) is 0 Å². The summed E-state index contributed by atoms with van der Waals surface area (Å²) in [6.07, 6.45) is 0. The quantitative estimate of drug-likeness (QED) is 0.0849. The van der Waals surface area contributed by atoms with E-state index in [4.69, 9.17) is 11.5 Å². The number of aromatic nitrogens is 8. The predicted octanol–water partition coefficient (Wildman–Crippen LogP) is 2.69. The van der Waals surface area contributed by atoms with Gasteiger partial charge in [0.25, 0.3) is 10.3 Å². The van der Waals surface area contributed by atoms with E-state index in [-0.39, 0.29) is 44.6 Å². The summed E-state index contributed by atoms with van der Waals surface area (Å²) in [4.78, 5) is 46.3. The number of nitrogens with two attached hydrogens (primary N) is 2. The average Bonchev–Trinajstić information content (AvgIpc) is 4.00. The first-order valence-electron chi connectivity index (χ1n) is 17.8. The Hall–Kier alpha value is -6.64. The molecule has 2 aromatic carbocycles. The molecule has 6 rings (SSSR count). The summed E-state index contributed by atoms with van der Waals surface area (Å²) in [5.41, 5.74) is 11.2. The number of azo groups is 2. The summed E-state index contributed by atoms with van der Waals surface area (Å²) in [6, 6.07) is 6.52. The van der Waals surface area contributed by atoms with Crippen molar-refractivity contribution < 1.29 is 39.6 Å². The lowest BCUT2D eigenvalue weighted by Gasteiger charge is -2.15. The largest absolute Gasteiger partial charge is 0.545 e. The third kappa shape index (κ3) is 10.1. The summed E-state index contributed by atoms with van der Waals surface area (Å²) in [7, 11) is 0. The first-order chi connectivity index (χ1) is 29.1. The van der Waals surface area contributed by atoms with Gasteiger partial charge in [-0.2, -0.15) is 10.2 Å². The van der Waals surface area contributed by atoms with Gasteiger partial charge in [0, 0.05) is 22.3 Å². The number of anilines is 2. The van der Waals surface area contributed by atoms with Crippen LogP contribution in [-0.2, 0) is 10.8 Å². The number of nitrogen functional groups attached to an aromatic ring is 2. The first kappa shape index (κ1) is 44.9. The number of aromatic carboxylic acids is 4. The molecule has 0 aliphatic carbocycles. The van der Waals surface area contributed by atoms with Crippen LogP contribution >= 0.6 is 46.2 Å². The van der Waals surface area contributed by atoms with Crippen molar-refractivity contribution >= 4 is 103 Å². The smallest absolute Gasteiger partial charge is 0.252 e. The van der Waals surface area contributed by atoms with Crippen molar-refractivity contribution in [3.8, 4) is 11.4 Å². The summed E-state index contributed by atoms with van der Waals surface area (Å²) < 4.78 is 3.56. The molecule has 4 heterocycles. The number of hydrogen-bond donors (Lipinski definition) is 2. The molecule has 22 nitrogen and oxygen atoms in total. The molecular formula is C36H32N14O8S4-4. The fourth-order valence-corrected chi connectivity index (χ4v) is 8.87. The maximum atomic E-state index is 11.6. The molecule has 0 atom stereocenters. The van der Waals surface area contributed by atoms with E-state index in [0.29, 0.717) is 31.6 Å². The summed E-state index contributed by atoms with van der Waals surface area (Å²) >= 11 is 5.20. The minimum absolute atomic E-state index is 0.0274. The highest BCUT2D eigenvalue weighted by Crippen LogP contribution is 2.41. The molecule has 0 spiro atoms. The Balaban J connectivity index is 1.11. The third-order valence-electron chi connectivity index (χ3n) is 8.28. The van der Waals surface area contributed by atoms with Gasteiger partial charge in [-0.3, -0.25) is 0 Å². The Labute approximate surface area is 367 Å². The van der Waals surface area contributed by atoms with Crippen LogP contribution in [0, 0.1) is 0 Å². The minimum Gasteiger partial charge on any atom is -0.545 e. The molecule has 0 unspecified atom stereocenters. The van der Waals surface area contributed by atoms with E-state index in [2.05, 4.69) is 51.0 Å². The normalized spacial score (nSPS) is 12.2. The van der Waals surface area contributed by atoms with Crippen LogP contribution in [0.5, 0.6) is 0 Å². The number of carbonyl (C=O) groups excluding carboxylic acids is 4. The van der Waals surface area contributed by atoms with Gasteiger partial charge in [-0.15, -0.1) is 40.9 Å². The van der Waals surface area contributed by atoms with Crippen LogP contribution in [0.4, 0.5) is 33.3 Å². The number of rotatable bonds is 15. The van der Waals surface area contributed by atoms with E-state index in [1.54, 1.807) is 0 Å². The van der Waals surface area contributed by atoms with Crippen molar-refractivity contribution in [1.29, 1.82) is 0 Å². The zero-order chi connectivity index (χ0) is 45.3. The second-order valence-corrected chi connectivity index (χ2v) is 19.6. The molecule has 0 radical (unpaired) electrons. The number of nitrogens with zero attached hydrogens (tertiary/aromatic N) is 12. The van der Waals surface area contributed by atoms with E-state index in [9.17, 15) is 39.6 Å². The molecule has 0 saturated carbocycles. The topological polar surface area (TPSA) is 349 Å². The predicted molar refractivity (Wildman–Crippen MR) is 220 cm³/mol. The molecule has 26 heteroatoms. The Morgan fingerprint density at radius 2 is 0.887 bits per heavy atom. The molecule has 322 valence electrons. The number of benzene rings is 2. The average molecular weight is 917 g/mol. The second-order valence-electron chi connectivity index (χ2n) is 15.0. The number of carboxylic acid groups (broad SMARTS) is 4. The molecule has 0 bridgehead atoms. The number of carbonyl (C=O) groups is 4. The molecule has 4 N–H and O–H groups in total. The lowest BCUT2D eigenvalue weighted by Crippen LogP contribution is -2.26. The number of carboxylic acids is 4. The Bertz CT molecular complexity index is 2540. The van der Waals surface area contributed by atoms with Gasteiger partial charge in [0.1, 0.15) is 0 Å². The highest BCUT2D eigenvalue weighted by molar-refractivity contribution is 8.04. The monoisotopic (exact) mass is 916 g/mol. The van der Waals surface area contributed by atoms with Crippen LogP contribution < -0.4 is 31.9 Å². The van der Waals surface area contributed by atoms with Gasteiger partial charge in [-0.1, -0.05) is 87.7 Å². The van der Waals surface area contributed by atoms with Crippen LogP contribution in [0.1, 0.15) is 94.4 Å². The second kappa shape index (κ2) is 17.8. The Kier molecular flexibility index (Phi) is 12.9. The van der Waals surface area contributed by atoms with Crippen molar-refractivity contribution in [3.05, 3.63) is 70.0 Å². The van der Waals surface area contributed by atoms with Crippen molar-refractivity contribution in [3.63, 3.8) is 0 Å². The van der Waals surface area contributed by atoms with Gasteiger partial charge >= 0.3 is 0 Å². The molecule has 6 aromatic rings. The van der Waals surface area contributed by atoms with E-state index in [1.807, 2.05) is 41.5 Å². The zero-order valence-electron chi connectivity index (χ0n) is 33.3. The molecule has 0 aliphatic rings. The van der Waals surface area contributed by atoms with E-state index in [0.717, 1.165) is 12.1 Å². The molecular weight excluding hydrogens is 885 g/mol. The Morgan fingerprint density at radius 3 is 1.18 bits per heavy atom. The minimum atomic E-state index is -1.60. The van der Waals surface area contributed by atoms with Crippen molar-refractivity contribution in [2.45, 2.75) is 61.1 Å². The van der Waals surface area contributed by atoms with Crippen LogP contribution in [0.15, 0.2) is 65.5 Å². The van der Waals surface area contributed by atoms with Crippen molar-refractivity contribution in [1.82, 2.24) is 40.0 Å². The molecule has 0 saturated heterocycles. The maximum Gasteiger partial charge on any atom is 0.252 e. The fraction of sp³-hybridized carbons (Fsp3) is 0.278. The SMILES string of the molecule is CC(C)(C)c1nn(-c2cc(C(=O)[O-])cc(C(=O)[O-])c2)c(N)c1N=Nc1nnc(SCCSc2nnc(N=Nc3c(C(C)(C)C)nn(-c4cc(C(=O)[O-])cc(C(=O)[O-])c4)c3N)s2)s1. The van der Waals surface area contributed by atoms with E-state index < -0.39 is 57.0 Å².